The van der Waals surface area contributed by atoms with Crippen molar-refractivity contribution in [2.45, 2.75) is 62.3 Å². The number of hydrogen-bond donors (Lipinski definition) is 7. The van der Waals surface area contributed by atoms with Crippen LogP contribution < -0.4 is 47.1 Å². The summed E-state index contributed by atoms with van der Waals surface area (Å²) in [7, 11) is 3.30. The number of para-hydroxylation sites is 7. The molecule has 0 atom stereocenters. The third kappa shape index (κ3) is 22.2. The second kappa shape index (κ2) is 43.7. The highest BCUT2D eigenvalue weighted by molar-refractivity contribution is 5.85. The normalized spacial score (nSPS) is 10.9. The van der Waals surface area contributed by atoms with Crippen LogP contribution in [0.25, 0.3) is 101 Å². The Kier molecular flexibility index (Phi) is 28.4. The number of benzene rings is 9. The molecule has 0 saturated carbocycles. The maximum Gasteiger partial charge on any atom is 0.159 e. The Bertz CT molecular complexity index is 8340. The first-order valence-electron chi connectivity index (χ1n) is 46.9. The van der Waals surface area contributed by atoms with E-state index in [4.69, 9.17) is 35.1 Å². The summed E-state index contributed by atoms with van der Waals surface area (Å²) in [6.07, 6.45) is 26.6. The Hall–Kier alpha value is -19.9. The van der Waals surface area contributed by atoms with Crippen LogP contribution in [0.15, 0.2) is 366 Å². The van der Waals surface area contributed by atoms with Gasteiger partial charge < -0.3 is 47.1 Å². The highest BCUT2D eigenvalue weighted by Crippen LogP contribution is 2.35. The van der Waals surface area contributed by atoms with Crippen LogP contribution in [0.4, 0.5) is 74.7 Å². The maximum absolute atomic E-state index is 6.07. The van der Waals surface area contributed by atoms with Crippen LogP contribution >= 0.6 is 0 Å². The number of anilines is 13. The van der Waals surface area contributed by atoms with E-state index in [0.717, 1.165) is 181 Å². The zero-order valence-electron chi connectivity index (χ0n) is 81.8. The van der Waals surface area contributed by atoms with Gasteiger partial charge in [-0.05, 0) is 238 Å². The average molecular weight is 1930 g/mol. The topological polar surface area (TPSA) is 377 Å². The van der Waals surface area contributed by atoms with E-state index in [9.17, 15) is 0 Å². The van der Waals surface area contributed by atoms with Crippen molar-refractivity contribution in [3.63, 3.8) is 0 Å². The molecule has 15 heterocycles. The minimum absolute atomic E-state index is 0.630. The Morgan fingerprint density at radius 1 is 0.247 bits per heavy atom. The molecular weight excluding hydrogens is 1820 g/mol. The number of aromatic nitrogens is 24. The van der Waals surface area contributed by atoms with Crippen LogP contribution in [0.5, 0.6) is 11.5 Å². The Morgan fingerprint density at radius 2 is 0.521 bits per heavy atom. The summed E-state index contributed by atoms with van der Waals surface area (Å²) >= 11 is 0. The van der Waals surface area contributed by atoms with Gasteiger partial charge in [0.05, 0.1) is 200 Å². The average Bonchev–Trinajstić information content (AvgIpc) is 1.66. The van der Waals surface area contributed by atoms with Gasteiger partial charge in [0.25, 0.3) is 0 Å². The number of nitrogens with one attached hydrogen (secondary N) is 6. The van der Waals surface area contributed by atoms with Crippen LogP contribution in [0.2, 0.25) is 0 Å². The van der Waals surface area contributed by atoms with Crippen molar-refractivity contribution in [3.05, 3.63) is 417 Å². The zero-order valence-corrected chi connectivity index (χ0v) is 81.8. The molecule has 146 heavy (non-hydrogen) atoms. The summed E-state index contributed by atoms with van der Waals surface area (Å²) in [5, 5.41) is 33.2. The zero-order chi connectivity index (χ0) is 101. The molecule has 8 N–H and O–H groups in total. The second-order valence-electron chi connectivity index (χ2n) is 34.0. The number of ether oxygens (including phenoxy) is 2. The lowest BCUT2D eigenvalue weighted by atomic mass is 10.1. The molecule has 33 heteroatoms. The monoisotopic (exact) mass is 1920 g/mol. The summed E-state index contributed by atoms with van der Waals surface area (Å²) in [6.45, 7) is 18.0. The van der Waals surface area contributed by atoms with Gasteiger partial charge >= 0.3 is 0 Å². The van der Waals surface area contributed by atoms with E-state index >= 15 is 0 Å². The summed E-state index contributed by atoms with van der Waals surface area (Å²) < 4.78 is 22.0. The Morgan fingerprint density at radius 3 is 0.849 bits per heavy atom. The van der Waals surface area contributed by atoms with E-state index < -0.39 is 0 Å². The molecule has 0 bridgehead atoms. The van der Waals surface area contributed by atoms with Crippen LogP contribution in [0, 0.1) is 62.3 Å². The number of imidazole rings is 3. The number of fused-ring (bicyclic) bond motifs is 6. The van der Waals surface area contributed by atoms with Crippen molar-refractivity contribution in [2.24, 2.45) is 0 Å². The maximum atomic E-state index is 6.07. The van der Waals surface area contributed by atoms with Crippen molar-refractivity contribution in [1.29, 1.82) is 0 Å². The number of methoxy groups -OCH3 is 2. The van der Waals surface area contributed by atoms with Crippen LogP contribution in [0.1, 0.15) is 51.2 Å². The van der Waals surface area contributed by atoms with Crippen LogP contribution in [-0.4, -0.2) is 132 Å². The lowest BCUT2D eigenvalue weighted by Gasteiger charge is -2.11. The predicted molar refractivity (Wildman–Crippen MR) is 577 cm³/mol. The summed E-state index contributed by atoms with van der Waals surface area (Å²) in [6, 6.07) is 89.5. The SMILES string of the molecule is COc1ccc(Nc2cncc(-c3c(C)nn4ccccc34)n2)cc1.COc1ccc(Nc2cncc(-n3c(C)nc4ccccc43)n2)cc1.Cc1ccc(Nc2cncc(-c3c(C)nn4ccccc34)n2)cc1.Cc1ccc(Nc2cncc(-n3c(C)nc4ccccc43)n2)c(N)c1.Cc1ccc(Nc2cncc(-n3c(C)nc4ccccc43)n2)cc1.Cc1nn2ccccc2c1-c1cncc(Nc2ccccc2)n1. The van der Waals surface area contributed by atoms with Crippen LogP contribution in [0.3, 0.4) is 0 Å². The van der Waals surface area contributed by atoms with Crippen molar-refractivity contribution >= 4 is 124 Å². The molecule has 9 aromatic carbocycles. The van der Waals surface area contributed by atoms with Gasteiger partial charge in [-0.15, -0.1) is 0 Å². The number of nitrogen functional groups attached to an aromatic ring is 1. The third-order valence-electron chi connectivity index (χ3n) is 23.4. The molecular formula is C113H101N31O2. The summed E-state index contributed by atoms with van der Waals surface area (Å²) in [5.41, 5.74) is 33.0. The van der Waals surface area contributed by atoms with Crippen LogP contribution in [-0.2, 0) is 0 Å². The number of aryl methyl sites for hydroxylation is 9. The fraction of sp³-hybridized carbons (Fsp3) is 0.0973. The fourth-order valence-corrected chi connectivity index (χ4v) is 16.6. The molecule has 0 aliphatic rings. The molecule has 0 spiro atoms. The van der Waals surface area contributed by atoms with E-state index in [2.05, 4.69) is 140 Å². The highest BCUT2D eigenvalue weighted by Gasteiger charge is 2.21. The Labute approximate surface area is 840 Å². The van der Waals surface area contributed by atoms with Gasteiger partial charge in [0.15, 0.2) is 34.9 Å². The molecule has 0 aliphatic heterocycles. The third-order valence-corrected chi connectivity index (χ3v) is 23.4. The smallest absolute Gasteiger partial charge is 0.159 e. The first-order valence-corrected chi connectivity index (χ1v) is 46.9. The quantitative estimate of drug-likeness (QED) is 0.0348. The number of rotatable bonds is 20. The predicted octanol–water partition coefficient (Wildman–Crippen LogP) is 23.7. The van der Waals surface area contributed by atoms with E-state index in [1.54, 1.807) is 88.6 Å². The van der Waals surface area contributed by atoms with E-state index in [0.29, 0.717) is 46.4 Å². The molecule has 0 unspecified atom stereocenters. The molecule has 24 rings (SSSR count). The molecule has 720 valence electrons. The Balaban J connectivity index is 0.000000111. The number of nitrogens with two attached hydrogens (primary N) is 1. The van der Waals surface area contributed by atoms with Crippen molar-refractivity contribution in [2.75, 3.05) is 51.9 Å². The molecule has 33 nitrogen and oxygen atoms in total. The summed E-state index contributed by atoms with van der Waals surface area (Å²) in [4.78, 5) is 67.9. The van der Waals surface area contributed by atoms with Gasteiger partial charge in [-0.1, -0.05) is 114 Å². The van der Waals surface area contributed by atoms with E-state index in [1.807, 2.05) is 343 Å². The van der Waals surface area contributed by atoms with Gasteiger partial charge in [-0.2, -0.15) is 15.3 Å². The van der Waals surface area contributed by atoms with Gasteiger partial charge in [0, 0.05) is 47.0 Å². The van der Waals surface area contributed by atoms with Gasteiger partial charge in [-0.3, -0.25) is 43.6 Å². The first-order chi connectivity index (χ1) is 71.3. The number of pyridine rings is 3. The minimum Gasteiger partial charge on any atom is -0.497 e. The largest absolute Gasteiger partial charge is 0.497 e. The molecule has 0 saturated heterocycles. The summed E-state index contributed by atoms with van der Waals surface area (Å²) in [5.74, 6) is 10.5. The van der Waals surface area contributed by atoms with Gasteiger partial charge in [-0.25, -0.2) is 58.4 Å². The lowest BCUT2D eigenvalue weighted by molar-refractivity contribution is 0.415. The molecule has 0 radical (unpaired) electrons. The van der Waals surface area contributed by atoms with Crippen molar-refractivity contribution in [3.8, 4) is 62.7 Å². The number of nitrogens with zero attached hydrogens (tertiary/aromatic N) is 24. The molecule has 0 aliphatic carbocycles. The van der Waals surface area contributed by atoms with Gasteiger partial charge in [0.2, 0.25) is 0 Å². The first kappa shape index (κ1) is 95.1. The van der Waals surface area contributed by atoms with E-state index in [-0.39, 0.29) is 0 Å². The standard InChI is InChI=1S/C19H18N6.2C19H17N5O.2C19H17N5.C18H15N5/c1-12-7-8-15(14(20)9-12)23-18-10-21-11-19(24-18)25-13(2)22-16-5-3-4-6-17(16)25;1-13-19(17-5-3-4-10-24(17)23-13)16-11-20-12-18(22-16)21-14-6-8-15(25-2)9-7-14;1-13-21-16-5-3-4-6-17(16)24(13)19-12-20-11-18(23-19)22-14-7-9-15(25-2)10-8-14;1-13-6-8-15(9-7-13)21-18-12-20-11-16(22-18)19-14(2)23-24-10-4-3-5-17(19)24;1-13-7-9-15(10-8-13)22-18-11-20-12-19(23-18)24-14(2)21-16-5-3-4-6-17(16)24;1-13-18(16-9-5-6-10-23(16)22-13)15-11-19-12-17(21-15)20-14-7-3-2-4-8-14/h3-11H,20H2,1-2H3,(H,23,24);3-12H,1-2H3,(H,21,22);3-12H,1-2H3,(H,22,23);3-12H,1-2H3,(H,21,22);3-12H,1-2H3,(H,22,23);2-12H,1H3,(H,20,21). The van der Waals surface area contributed by atoms with Crippen molar-refractivity contribution in [1.82, 2.24) is 117 Å². The van der Waals surface area contributed by atoms with Crippen molar-refractivity contribution < 1.29 is 9.47 Å². The molecule has 0 fully saturated rings. The minimum atomic E-state index is 0.630. The highest BCUT2D eigenvalue weighted by atomic mass is 16.5. The van der Waals surface area contributed by atoms with Gasteiger partial charge in [0.1, 0.15) is 46.4 Å². The lowest BCUT2D eigenvalue weighted by Crippen LogP contribution is -2.04. The fourth-order valence-electron chi connectivity index (χ4n) is 16.6. The molecule has 0 amide bonds. The second-order valence-corrected chi connectivity index (χ2v) is 34.0. The number of hydrogen-bond acceptors (Lipinski definition) is 27. The molecule has 15 aromatic heterocycles. The van der Waals surface area contributed by atoms with E-state index in [1.165, 1.54) is 11.1 Å². The molecule has 24 aromatic rings.